The SMILES string of the molecule is [C-]#[N+]c1cc(NS(=O)(=O)c2ccc(C(C)(C)C)cc2)n(-c2cccc3ncccc23)n1. The van der Waals surface area contributed by atoms with Gasteiger partial charge in [0.15, 0.2) is 5.82 Å². The molecule has 31 heavy (non-hydrogen) atoms. The van der Waals surface area contributed by atoms with Crippen molar-refractivity contribution in [3.63, 3.8) is 0 Å². The van der Waals surface area contributed by atoms with E-state index >= 15 is 0 Å². The summed E-state index contributed by atoms with van der Waals surface area (Å²) in [4.78, 5) is 7.84. The lowest BCUT2D eigenvalue weighted by Gasteiger charge is -2.19. The number of rotatable bonds is 4. The summed E-state index contributed by atoms with van der Waals surface area (Å²) in [7, 11) is -3.88. The van der Waals surface area contributed by atoms with Crippen molar-refractivity contribution in [2.75, 3.05) is 4.72 Å². The highest BCUT2D eigenvalue weighted by atomic mass is 32.2. The van der Waals surface area contributed by atoms with Crippen molar-refractivity contribution in [2.24, 2.45) is 0 Å². The average Bonchev–Trinajstić information content (AvgIpc) is 3.15. The van der Waals surface area contributed by atoms with E-state index in [2.05, 4.69) is 40.4 Å². The maximum absolute atomic E-state index is 13.1. The molecule has 8 heteroatoms. The van der Waals surface area contributed by atoms with Crippen LogP contribution in [0.5, 0.6) is 0 Å². The standard InChI is InChI=1S/C23H21N5O2S/c1-23(2,3)16-10-12-17(13-11-16)31(29,30)27-22-15-21(24-4)26-28(22)20-9-5-8-19-18(20)7-6-14-25-19/h5-15,27H,1-3H3. The zero-order valence-electron chi connectivity index (χ0n) is 17.4. The molecule has 0 saturated heterocycles. The Morgan fingerprint density at radius 3 is 2.45 bits per heavy atom. The Hall–Kier alpha value is -3.70. The van der Waals surface area contributed by atoms with Crippen LogP contribution >= 0.6 is 0 Å². The van der Waals surface area contributed by atoms with Gasteiger partial charge in [0.05, 0.1) is 16.1 Å². The molecular weight excluding hydrogens is 410 g/mol. The lowest BCUT2D eigenvalue weighted by atomic mass is 9.87. The quantitative estimate of drug-likeness (QED) is 0.458. The summed E-state index contributed by atoms with van der Waals surface area (Å²) in [6.07, 6.45) is 1.69. The average molecular weight is 432 g/mol. The second kappa shape index (κ2) is 7.52. The van der Waals surface area contributed by atoms with Crippen LogP contribution in [-0.2, 0) is 15.4 Å². The fraction of sp³-hybridized carbons (Fsp3) is 0.174. The minimum atomic E-state index is -3.88. The van der Waals surface area contributed by atoms with Crippen LogP contribution in [-0.4, -0.2) is 23.2 Å². The molecule has 7 nitrogen and oxygen atoms in total. The molecule has 0 aliphatic rings. The molecule has 2 aromatic heterocycles. The van der Waals surface area contributed by atoms with Gasteiger partial charge in [0, 0.05) is 17.6 Å². The molecule has 0 amide bonds. The minimum Gasteiger partial charge on any atom is -0.359 e. The van der Waals surface area contributed by atoms with Crippen molar-refractivity contribution in [3.8, 4) is 5.69 Å². The number of nitrogens with one attached hydrogen (secondary N) is 1. The van der Waals surface area contributed by atoms with Gasteiger partial charge >= 0.3 is 0 Å². The highest BCUT2D eigenvalue weighted by molar-refractivity contribution is 7.92. The molecule has 0 aliphatic carbocycles. The highest BCUT2D eigenvalue weighted by Gasteiger charge is 2.22. The molecule has 4 aromatic rings. The Balaban J connectivity index is 1.77. The van der Waals surface area contributed by atoms with Gasteiger partial charge in [-0.1, -0.05) is 45.5 Å². The van der Waals surface area contributed by atoms with E-state index in [0.29, 0.717) is 5.69 Å². The van der Waals surface area contributed by atoms with Crippen molar-refractivity contribution in [2.45, 2.75) is 31.1 Å². The Bertz CT molecular complexity index is 1400. The largest absolute Gasteiger partial charge is 0.359 e. The number of benzene rings is 2. The molecule has 4 rings (SSSR count). The van der Waals surface area contributed by atoms with Gasteiger partial charge in [-0.2, -0.15) is 0 Å². The number of anilines is 1. The normalized spacial score (nSPS) is 11.9. The van der Waals surface area contributed by atoms with E-state index in [1.807, 2.05) is 30.3 Å². The van der Waals surface area contributed by atoms with Crippen LogP contribution in [0.3, 0.4) is 0 Å². The van der Waals surface area contributed by atoms with Crippen molar-refractivity contribution < 1.29 is 8.42 Å². The monoisotopic (exact) mass is 431 g/mol. The molecule has 0 unspecified atom stereocenters. The van der Waals surface area contributed by atoms with Gasteiger partial charge in [0.1, 0.15) is 0 Å². The first-order valence-corrected chi connectivity index (χ1v) is 11.1. The number of pyridine rings is 1. The topological polar surface area (TPSA) is 81.2 Å². The van der Waals surface area contributed by atoms with Gasteiger partial charge in [-0.15, -0.1) is 4.68 Å². The van der Waals surface area contributed by atoms with Crippen LogP contribution < -0.4 is 4.72 Å². The molecule has 0 aliphatic heterocycles. The van der Waals surface area contributed by atoms with Crippen molar-refractivity contribution in [3.05, 3.63) is 83.8 Å². The van der Waals surface area contributed by atoms with E-state index in [1.165, 1.54) is 10.7 Å². The van der Waals surface area contributed by atoms with Gasteiger partial charge in [-0.3, -0.25) is 9.71 Å². The van der Waals surface area contributed by atoms with Crippen LogP contribution in [0.15, 0.2) is 71.8 Å². The fourth-order valence-electron chi connectivity index (χ4n) is 3.28. The lowest BCUT2D eigenvalue weighted by molar-refractivity contribution is 0.587. The molecule has 156 valence electrons. The first-order chi connectivity index (χ1) is 14.7. The highest BCUT2D eigenvalue weighted by Crippen LogP contribution is 2.29. The smallest absolute Gasteiger partial charge is 0.298 e. The third-order valence-corrected chi connectivity index (χ3v) is 6.30. The van der Waals surface area contributed by atoms with E-state index in [0.717, 1.165) is 16.5 Å². The maximum atomic E-state index is 13.1. The zero-order chi connectivity index (χ0) is 22.2. The molecule has 0 bridgehead atoms. The van der Waals surface area contributed by atoms with E-state index < -0.39 is 10.0 Å². The molecule has 2 aromatic carbocycles. The molecule has 0 spiro atoms. The summed E-state index contributed by atoms with van der Waals surface area (Å²) >= 11 is 0. The van der Waals surface area contributed by atoms with Crippen LogP contribution in [0, 0.1) is 6.57 Å². The Morgan fingerprint density at radius 2 is 1.77 bits per heavy atom. The van der Waals surface area contributed by atoms with E-state index in [1.54, 1.807) is 30.5 Å². The number of fused-ring (bicyclic) bond motifs is 1. The van der Waals surface area contributed by atoms with Crippen LogP contribution in [0.1, 0.15) is 26.3 Å². The zero-order valence-corrected chi connectivity index (χ0v) is 18.2. The molecule has 0 radical (unpaired) electrons. The van der Waals surface area contributed by atoms with Crippen molar-refractivity contribution in [1.29, 1.82) is 0 Å². The molecule has 0 fully saturated rings. The first kappa shape index (κ1) is 20.6. The predicted octanol–water partition coefficient (Wildman–Crippen LogP) is 5.07. The number of aromatic nitrogens is 3. The van der Waals surface area contributed by atoms with E-state index in [4.69, 9.17) is 6.57 Å². The second-order valence-electron chi connectivity index (χ2n) is 8.14. The van der Waals surface area contributed by atoms with Gasteiger partial charge in [0.25, 0.3) is 15.8 Å². The van der Waals surface area contributed by atoms with E-state index in [9.17, 15) is 8.42 Å². The molecule has 1 N–H and O–H groups in total. The Morgan fingerprint density at radius 1 is 1.03 bits per heavy atom. The Kier molecular flexibility index (Phi) is 4.99. The van der Waals surface area contributed by atoms with Gasteiger partial charge in [-0.25, -0.2) is 8.42 Å². The maximum Gasteiger partial charge on any atom is 0.298 e. The van der Waals surface area contributed by atoms with Gasteiger partial charge in [-0.05, 0) is 52.5 Å². The number of hydrogen-bond acceptors (Lipinski definition) is 4. The fourth-order valence-corrected chi connectivity index (χ4v) is 4.32. The minimum absolute atomic E-state index is 0.0821. The molecule has 0 atom stereocenters. The third-order valence-electron chi connectivity index (χ3n) is 4.93. The van der Waals surface area contributed by atoms with Crippen LogP contribution in [0.25, 0.3) is 21.4 Å². The van der Waals surface area contributed by atoms with Gasteiger partial charge in [0.2, 0.25) is 0 Å². The summed E-state index contributed by atoms with van der Waals surface area (Å²) < 4.78 is 30.1. The molecule has 2 heterocycles. The summed E-state index contributed by atoms with van der Waals surface area (Å²) in [5, 5.41) is 5.07. The summed E-state index contributed by atoms with van der Waals surface area (Å²) in [6, 6.07) is 17.4. The van der Waals surface area contributed by atoms with E-state index in [-0.39, 0.29) is 21.9 Å². The number of nitrogens with zero attached hydrogens (tertiary/aromatic N) is 4. The summed E-state index contributed by atoms with van der Waals surface area (Å²) in [5.74, 6) is 0.268. The van der Waals surface area contributed by atoms with Crippen molar-refractivity contribution >= 4 is 32.6 Å². The Labute approximate surface area is 181 Å². The first-order valence-electron chi connectivity index (χ1n) is 9.64. The molecular formula is C23H21N5O2S. The van der Waals surface area contributed by atoms with Crippen LogP contribution in [0.4, 0.5) is 11.6 Å². The van der Waals surface area contributed by atoms with Gasteiger partial charge < -0.3 is 4.85 Å². The summed E-state index contributed by atoms with van der Waals surface area (Å²) in [5.41, 5.74) is 2.32. The van der Waals surface area contributed by atoms with Crippen molar-refractivity contribution in [1.82, 2.24) is 14.8 Å². The van der Waals surface area contributed by atoms with Crippen LogP contribution in [0.2, 0.25) is 0 Å². The molecule has 0 saturated carbocycles. The third kappa shape index (κ3) is 4.00. The lowest BCUT2D eigenvalue weighted by Crippen LogP contribution is -2.17. The predicted molar refractivity (Wildman–Crippen MR) is 121 cm³/mol. The number of sulfonamides is 1. The second-order valence-corrected chi connectivity index (χ2v) is 9.82. The summed E-state index contributed by atoms with van der Waals surface area (Å²) in [6.45, 7) is 13.5. The number of hydrogen-bond donors (Lipinski definition) is 1.